The van der Waals surface area contributed by atoms with E-state index < -0.39 is 79.9 Å². The second-order valence-corrected chi connectivity index (χ2v) is 10.8. The van der Waals surface area contributed by atoms with Gasteiger partial charge in [-0.25, -0.2) is 9.80 Å². The van der Waals surface area contributed by atoms with Crippen LogP contribution in [-0.2, 0) is 24.6 Å². The molecule has 0 aromatic heterocycles. The fourth-order valence-electron chi connectivity index (χ4n) is 7.57. The standard InChI is InChI=1S/C30H20N4O8/c35-26-22-17-14-15-30(16-8-2-1-3-9-16,24(22)28(37)31(26)18-10-4-6-12-20(18)33(39)40)25-23(17)27(36)32(29(25)38)19-11-5-7-13-21(19)34(41)42/h1-15,17,22-25H/t17?,22-,23-,24-,25+,30?/m1/s1. The van der Waals surface area contributed by atoms with E-state index in [1.165, 1.54) is 48.5 Å². The molecule has 3 aromatic rings. The molecule has 8 rings (SSSR count). The predicted molar refractivity (Wildman–Crippen MR) is 146 cm³/mol. The summed E-state index contributed by atoms with van der Waals surface area (Å²) in [5, 5.41) is 23.6. The summed E-state index contributed by atoms with van der Waals surface area (Å²) >= 11 is 0. The monoisotopic (exact) mass is 564 g/mol. The maximum Gasteiger partial charge on any atom is 0.293 e. The number of nitro benzene ring substituents is 2. The maximum atomic E-state index is 14.3. The average Bonchev–Trinajstić information content (AvgIpc) is 3.44. The van der Waals surface area contributed by atoms with Crippen LogP contribution in [0.5, 0.6) is 0 Å². The molecule has 42 heavy (non-hydrogen) atoms. The van der Waals surface area contributed by atoms with E-state index in [0.29, 0.717) is 5.56 Å². The molecule has 2 heterocycles. The Balaban J connectivity index is 1.44. The summed E-state index contributed by atoms with van der Waals surface area (Å²) < 4.78 is 0. The highest BCUT2D eigenvalue weighted by Gasteiger charge is 2.75. The number of amides is 4. The average molecular weight is 565 g/mol. The van der Waals surface area contributed by atoms with Gasteiger partial charge in [0.15, 0.2) is 0 Å². The number of para-hydroxylation sites is 4. The topological polar surface area (TPSA) is 161 Å². The van der Waals surface area contributed by atoms with Gasteiger partial charge in [0, 0.05) is 23.5 Å². The van der Waals surface area contributed by atoms with Crippen LogP contribution < -0.4 is 9.80 Å². The van der Waals surface area contributed by atoms with E-state index in [2.05, 4.69) is 0 Å². The normalized spacial score (nSPS) is 29.2. The molecule has 1 saturated carbocycles. The Kier molecular flexibility index (Phi) is 5.29. The van der Waals surface area contributed by atoms with Crippen LogP contribution in [0.1, 0.15) is 5.56 Å². The molecule has 2 aliphatic heterocycles. The van der Waals surface area contributed by atoms with E-state index in [1.807, 2.05) is 0 Å². The second kappa shape index (κ2) is 8.74. The number of nitro groups is 2. The first-order chi connectivity index (χ1) is 20.2. The largest absolute Gasteiger partial charge is 0.293 e. The van der Waals surface area contributed by atoms with Gasteiger partial charge < -0.3 is 0 Å². The molecule has 208 valence electrons. The SMILES string of the molecule is O=C1[C@@H]2C3C=CC(c4ccccc4)([C@@H]2C(=O)N1c1ccccc1[N+](=O)[O-])[C@H]1C(=O)N(c2ccccc2[N+](=O)[O-])C(=O)[C@H]31. The lowest BCUT2D eigenvalue weighted by molar-refractivity contribution is -0.384. The summed E-state index contributed by atoms with van der Waals surface area (Å²) in [4.78, 5) is 80.8. The van der Waals surface area contributed by atoms with Crippen molar-refractivity contribution in [2.45, 2.75) is 5.41 Å². The van der Waals surface area contributed by atoms with Crippen molar-refractivity contribution in [2.75, 3.05) is 9.80 Å². The van der Waals surface area contributed by atoms with Crippen LogP contribution in [0, 0.1) is 49.8 Å². The molecule has 2 saturated heterocycles. The number of anilines is 2. The number of carbonyl (C=O) groups excluding carboxylic acids is 4. The van der Waals surface area contributed by atoms with Gasteiger partial charge in [0.2, 0.25) is 23.6 Å². The summed E-state index contributed by atoms with van der Waals surface area (Å²) in [5.74, 6) is -8.18. The Labute approximate surface area is 237 Å². The zero-order valence-corrected chi connectivity index (χ0v) is 21.6. The lowest BCUT2D eigenvalue weighted by Crippen LogP contribution is -2.60. The van der Waals surface area contributed by atoms with Crippen LogP contribution in [0.2, 0.25) is 0 Å². The molecular formula is C30H20N4O8. The molecule has 3 aromatic carbocycles. The minimum Gasteiger partial charge on any atom is -0.274 e. The Morgan fingerprint density at radius 2 is 1.02 bits per heavy atom. The zero-order chi connectivity index (χ0) is 29.5. The number of hydrogen-bond acceptors (Lipinski definition) is 8. The van der Waals surface area contributed by atoms with Crippen molar-refractivity contribution in [3.8, 4) is 0 Å². The van der Waals surface area contributed by atoms with Gasteiger partial charge in [0.25, 0.3) is 11.4 Å². The number of benzene rings is 3. The van der Waals surface area contributed by atoms with E-state index in [4.69, 9.17) is 0 Å². The highest BCUT2D eigenvalue weighted by molar-refractivity contribution is 6.28. The van der Waals surface area contributed by atoms with Crippen LogP contribution in [0.25, 0.3) is 0 Å². The zero-order valence-electron chi connectivity index (χ0n) is 21.6. The number of nitrogens with zero attached hydrogens (tertiary/aromatic N) is 4. The van der Waals surface area contributed by atoms with Crippen molar-refractivity contribution in [1.29, 1.82) is 0 Å². The molecule has 5 aliphatic rings. The predicted octanol–water partition coefficient (Wildman–Crippen LogP) is 3.55. The third-order valence-corrected chi connectivity index (χ3v) is 9.07. The van der Waals surface area contributed by atoms with Gasteiger partial charge in [0.1, 0.15) is 11.4 Å². The van der Waals surface area contributed by atoms with Crippen molar-refractivity contribution >= 4 is 46.4 Å². The summed E-state index contributed by atoms with van der Waals surface area (Å²) in [5.41, 5.74) is -2.18. The smallest absolute Gasteiger partial charge is 0.274 e. The molecule has 2 bridgehead atoms. The van der Waals surface area contributed by atoms with E-state index in [1.54, 1.807) is 42.5 Å². The van der Waals surface area contributed by atoms with Crippen LogP contribution in [0.4, 0.5) is 22.7 Å². The van der Waals surface area contributed by atoms with E-state index in [-0.39, 0.29) is 11.4 Å². The van der Waals surface area contributed by atoms with E-state index >= 15 is 0 Å². The number of rotatable bonds is 5. The molecule has 0 N–H and O–H groups in total. The number of imide groups is 2. The maximum absolute atomic E-state index is 14.3. The lowest BCUT2D eigenvalue weighted by Gasteiger charge is -2.53. The minimum absolute atomic E-state index is 0.182. The van der Waals surface area contributed by atoms with Crippen LogP contribution >= 0.6 is 0 Å². The molecule has 12 heteroatoms. The first kappa shape index (κ1) is 25.4. The van der Waals surface area contributed by atoms with Gasteiger partial charge in [-0.2, -0.15) is 0 Å². The van der Waals surface area contributed by atoms with E-state index in [0.717, 1.165) is 9.80 Å². The van der Waals surface area contributed by atoms with Crippen molar-refractivity contribution < 1.29 is 29.0 Å². The third-order valence-electron chi connectivity index (χ3n) is 9.07. The summed E-state index contributed by atoms with van der Waals surface area (Å²) in [7, 11) is 0. The van der Waals surface area contributed by atoms with Crippen molar-refractivity contribution in [3.05, 3.63) is 117 Å². The first-order valence-electron chi connectivity index (χ1n) is 13.2. The van der Waals surface area contributed by atoms with Crippen molar-refractivity contribution in [1.82, 2.24) is 0 Å². The number of allylic oxidation sites excluding steroid dienone is 2. The Bertz CT molecular complexity index is 1680. The third kappa shape index (κ3) is 3.05. The minimum atomic E-state index is -1.47. The molecule has 0 radical (unpaired) electrons. The molecule has 2 unspecified atom stereocenters. The first-order valence-corrected chi connectivity index (χ1v) is 13.2. The highest BCUT2D eigenvalue weighted by atomic mass is 16.6. The van der Waals surface area contributed by atoms with Gasteiger partial charge in [-0.1, -0.05) is 66.7 Å². The summed E-state index contributed by atoms with van der Waals surface area (Å²) in [6, 6.07) is 19.5. The van der Waals surface area contributed by atoms with Crippen molar-refractivity contribution in [2.24, 2.45) is 29.6 Å². The summed E-state index contributed by atoms with van der Waals surface area (Å²) in [6.45, 7) is 0. The quantitative estimate of drug-likeness (QED) is 0.197. The van der Waals surface area contributed by atoms with Gasteiger partial charge in [-0.15, -0.1) is 0 Å². The fraction of sp³-hybridized carbons (Fsp3) is 0.200. The van der Waals surface area contributed by atoms with Crippen LogP contribution in [0.3, 0.4) is 0 Å². The Morgan fingerprint density at radius 3 is 1.48 bits per heavy atom. The second-order valence-electron chi connectivity index (χ2n) is 10.8. The molecule has 3 fully saturated rings. The van der Waals surface area contributed by atoms with Crippen LogP contribution in [-0.4, -0.2) is 33.5 Å². The van der Waals surface area contributed by atoms with Gasteiger partial charge >= 0.3 is 0 Å². The lowest BCUT2D eigenvalue weighted by atomic mass is 9.45. The summed E-state index contributed by atoms with van der Waals surface area (Å²) in [6.07, 6.45) is 3.38. The molecule has 0 spiro atoms. The fourth-order valence-corrected chi connectivity index (χ4v) is 7.57. The van der Waals surface area contributed by atoms with E-state index in [9.17, 15) is 39.4 Å². The van der Waals surface area contributed by atoms with Gasteiger partial charge in [-0.3, -0.25) is 39.4 Å². The highest BCUT2D eigenvalue weighted by Crippen LogP contribution is 2.65. The number of carbonyl (C=O) groups is 4. The van der Waals surface area contributed by atoms with Crippen LogP contribution in [0.15, 0.2) is 91.0 Å². The van der Waals surface area contributed by atoms with Gasteiger partial charge in [0.05, 0.1) is 33.5 Å². The molecular weight excluding hydrogens is 544 g/mol. The Hall–Kier alpha value is -5.52. The molecule has 12 nitrogen and oxygen atoms in total. The van der Waals surface area contributed by atoms with Crippen molar-refractivity contribution in [3.63, 3.8) is 0 Å². The van der Waals surface area contributed by atoms with Gasteiger partial charge in [-0.05, 0) is 17.7 Å². The molecule has 4 amide bonds. The Morgan fingerprint density at radius 1 is 0.595 bits per heavy atom. The molecule has 3 aliphatic carbocycles. The molecule has 6 atom stereocenters. The number of hydrogen-bond donors (Lipinski definition) is 0.